The first kappa shape index (κ1) is 11.9. The van der Waals surface area contributed by atoms with Crippen LogP contribution in [-0.2, 0) is 4.79 Å². The van der Waals surface area contributed by atoms with Gasteiger partial charge in [0, 0.05) is 4.90 Å². The highest BCUT2D eigenvalue weighted by molar-refractivity contribution is 8.00. The molecule has 0 saturated carbocycles. The molecule has 0 radical (unpaired) electrons. The zero-order valence-corrected chi connectivity index (χ0v) is 9.41. The summed E-state index contributed by atoms with van der Waals surface area (Å²) in [5, 5.41) is 8.60. The maximum Gasteiger partial charge on any atom is 0.317 e. The number of hydrogen-bond acceptors (Lipinski definition) is 2. The maximum atomic E-state index is 11.0. The molecule has 1 N–H and O–H groups in total. The average Bonchev–Trinajstić information content (AvgIpc) is 2.26. The predicted molar refractivity (Wildman–Crippen MR) is 63.1 cm³/mol. The molecule has 1 aromatic carbocycles. The molecule has 0 aliphatic heterocycles. The van der Waals surface area contributed by atoms with Crippen molar-refractivity contribution >= 4 is 17.7 Å². The van der Waals surface area contributed by atoms with Crippen LogP contribution in [0.15, 0.2) is 47.9 Å². The van der Waals surface area contributed by atoms with Crippen LogP contribution >= 0.6 is 11.8 Å². The van der Waals surface area contributed by atoms with Crippen molar-refractivity contribution in [1.82, 2.24) is 0 Å². The van der Waals surface area contributed by atoms with Crippen LogP contribution in [0.4, 0.5) is 0 Å². The fourth-order valence-electron chi connectivity index (χ4n) is 1.15. The quantitative estimate of drug-likeness (QED) is 0.614. The highest BCUT2D eigenvalue weighted by atomic mass is 32.2. The summed E-state index contributed by atoms with van der Waals surface area (Å²) >= 11 is 1.36. The summed E-state index contributed by atoms with van der Waals surface area (Å²) in [7, 11) is 0. The molecule has 0 saturated heterocycles. The SMILES string of the molecule is C=C[C@@H](C)[C@@H](Sc1ccccc1)C(=O)O. The highest BCUT2D eigenvalue weighted by Crippen LogP contribution is 2.28. The first-order chi connectivity index (χ1) is 7.15. The molecule has 0 unspecified atom stereocenters. The minimum absolute atomic E-state index is 0.0484. The van der Waals surface area contributed by atoms with E-state index < -0.39 is 11.2 Å². The summed E-state index contributed by atoms with van der Waals surface area (Å²) in [4.78, 5) is 12.0. The van der Waals surface area contributed by atoms with E-state index in [9.17, 15) is 4.79 Å². The van der Waals surface area contributed by atoms with Gasteiger partial charge < -0.3 is 5.11 Å². The molecular formula is C12H14O2S. The van der Waals surface area contributed by atoms with E-state index in [1.54, 1.807) is 6.08 Å². The number of carboxylic acid groups (broad SMARTS) is 1. The van der Waals surface area contributed by atoms with Gasteiger partial charge in [-0.2, -0.15) is 0 Å². The number of thioether (sulfide) groups is 1. The molecule has 15 heavy (non-hydrogen) atoms. The number of rotatable bonds is 5. The maximum absolute atomic E-state index is 11.0. The second-order valence-corrected chi connectivity index (χ2v) is 4.50. The number of carbonyl (C=O) groups is 1. The molecule has 0 heterocycles. The molecule has 1 aromatic rings. The van der Waals surface area contributed by atoms with Gasteiger partial charge in [0.15, 0.2) is 0 Å². The van der Waals surface area contributed by atoms with Crippen LogP contribution in [0, 0.1) is 5.92 Å². The summed E-state index contributed by atoms with van der Waals surface area (Å²) in [6.07, 6.45) is 1.68. The van der Waals surface area contributed by atoms with Gasteiger partial charge in [-0.25, -0.2) is 0 Å². The number of carboxylic acids is 1. The molecule has 0 amide bonds. The van der Waals surface area contributed by atoms with Gasteiger partial charge >= 0.3 is 5.97 Å². The number of allylic oxidation sites excluding steroid dienone is 1. The Bertz CT molecular complexity index is 335. The van der Waals surface area contributed by atoms with E-state index in [1.807, 2.05) is 37.3 Å². The molecule has 0 aliphatic rings. The summed E-state index contributed by atoms with van der Waals surface area (Å²) in [5.41, 5.74) is 0. The Morgan fingerprint density at radius 3 is 2.53 bits per heavy atom. The molecule has 2 atom stereocenters. The third-order valence-corrected chi connectivity index (χ3v) is 3.53. The molecule has 0 aliphatic carbocycles. The van der Waals surface area contributed by atoms with Crippen molar-refractivity contribution in [3.05, 3.63) is 43.0 Å². The Hall–Kier alpha value is -1.22. The van der Waals surface area contributed by atoms with Gasteiger partial charge in [-0.1, -0.05) is 31.2 Å². The molecule has 0 spiro atoms. The van der Waals surface area contributed by atoms with Gasteiger partial charge in [-0.3, -0.25) is 4.79 Å². The van der Waals surface area contributed by atoms with Gasteiger partial charge in [0.25, 0.3) is 0 Å². The summed E-state index contributed by atoms with van der Waals surface area (Å²) < 4.78 is 0. The lowest BCUT2D eigenvalue weighted by Crippen LogP contribution is -2.22. The second-order valence-electron chi connectivity index (χ2n) is 3.28. The second kappa shape index (κ2) is 5.61. The van der Waals surface area contributed by atoms with Gasteiger partial charge in [-0.15, -0.1) is 18.3 Å². The van der Waals surface area contributed by atoms with E-state index in [4.69, 9.17) is 5.11 Å². The fourth-order valence-corrected chi connectivity index (χ4v) is 2.19. The molecule has 3 heteroatoms. The highest BCUT2D eigenvalue weighted by Gasteiger charge is 2.23. The number of hydrogen-bond donors (Lipinski definition) is 1. The normalized spacial score (nSPS) is 14.2. The van der Waals surface area contributed by atoms with E-state index >= 15 is 0 Å². The van der Waals surface area contributed by atoms with Crippen molar-refractivity contribution in [2.45, 2.75) is 17.1 Å². The van der Waals surface area contributed by atoms with Crippen LogP contribution in [0.25, 0.3) is 0 Å². The van der Waals surface area contributed by atoms with Crippen LogP contribution in [0.2, 0.25) is 0 Å². The van der Waals surface area contributed by atoms with E-state index in [-0.39, 0.29) is 5.92 Å². The average molecular weight is 222 g/mol. The Labute approximate surface area is 94.0 Å². The first-order valence-corrected chi connectivity index (χ1v) is 5.60. The summed E-state index contributed by atoms with van der Waals surface area (Å²) in [5.74, 6) is -0.844. The minimum Gasteiger partial charge on any atom is -0.480 e. The Kier molecular flexibility index (Phi) is 4.43. The van der Waals surface area contributed by atoms with Gasteiger partial charge in [-0.05, 0) is 18.1 Å². The number of benzene rings is 1. The van der Waals surface area contributed by atoms with Crippen LogP contribution in [-0.4, -0.2) is 16.3 Å². The lowest BCUT2D eigenvalue weighted by atomic mass is 10.1. The summed E-state index contributed by atoms with van der Waals surface area (Å²) in [6.45, 7) is 5.49. The van der Waals surface area contributed by atoms with Crippen LogP contribution < -0.4 is 0 Å². The van der Waals surface area contributed by atoms with Crippen molar-refractivity contribution in [1.29, 1.82) is 0 Å². The van der Waals surface area contributed by atoms with E-state index in [0.717, 1.165) is 4.90 Å². The van der Waals surface area contributed by atoms with Crippen molar-refractivity contribution in [2.24, 2.45) is 5.92 Å². The Morgan fingerprint density at radius 2 is 2.07 bits per heavy atom. The minimum atomic E-state index is -0.795. The monoisotopic (exact) mass is 222 g/mol. The molecular weight excluding hydrogens is 208 g/mol. The van der Waals surface area contributed by atoms with E-state index in [0.29, 0.717) is 0 Å². The molecule has 1 rings (SSSR count). The first-order valence-electron chi connectivity index (χ1n) is 4.72. The van der Waals surface area contributed by atoms with Gasteiger partial charge in [0.1, 0.15) is 5.25 Å². The lowest BCUT2D eigenvalue weighted by Gasteiger charge is -2.16. The van der Waals surface area contributed by atoms with Crippen LogP contribution in [0.3, 0.4) is 0 Å². The van der Waals surface area contributed by atoms with Gasteiger partial charge in [0.2, 0.25) is 0 Å². The molecule has 80 valence electrons. The third kappa shape index (κ3) is 3.44. The topological polar surface area (TPSA) is 37.3 Å². The Balaban J connectivity index is 2.76. The molecule has 0 aromatic heterocycles. The van der Waals surface area contributed by atoms with E-state index in [2.05, 4.69) is 6.58 Å². The zero-order chi connectivity index (χ0) is 11.3. The van der Waals surface area contributed by atoms with Crippen LogP contribution in [0.5, 0.6) is 0 Å². The molecule has 2 nitrogen and oxygen atoms in total. The Morgan fingerprint density at radius 1 is 1.47 bits per heavy atom. The number of aliphatic carboxylic acids is 1. The zero-order valence-electron chi connectivity index (χ0n) is 8.59. The fraction of sp³-hybridized carbons (Fsp3) is 0.250. The standard InChI is InChI=1S/C12H14O2S/c1-3-9(2)11(12(13)14)15-10-7-5-4-6-8-10/h3-9,11H,1H2,2H3,(H,13,14)/t9-,11-/m1/s1. The van der Waals surface area contributed by atoms with Crippen molar-refractivity contribution in [3.8, 4) is 0 Å². The molecule has 0 bridgehead atoms. The van der Waals surface area contributed by atoms with Gasteiger partial charge in [0.05, 0.1) is 0 Å². The van der Waals surface area contributed by atoms with Crippen molar-refractivity contribution in [2.75, 3.05) is 0 Å². The summed E-state index contributed by atoms with van der Waals surface area (Å²) in [6, 6.07) is 9.54. The largest absolute Gasteiger partial charge is 0.480 e. The van der Waals surface area contributed by atoms with Crippen molar-refractivity contribution < 1.29 is 9.90 Å². The van der Waals surface area contributed by atoms with Crippen LogP contribution in [0.1, 0.15) is 6.92 Å². The molecule has 0 fully saturated rings. The third-order valence-electron chi connectivity index (χ3n) is 2.10. The smallest absolute Gasteiger partial charge is 0.317 e. The lowest BCUT2D eigenvalue weighted by molar-refractivity contribution is -0.136. The van der Waals surface area contributed by atoms with Crippen molar-refractivity contribution in [3.63, 3.8) is 0 Å². The van der Waals surface area contributed by atoms with E-state index in [1.165, 1.54) is 11.8 Å². The predicted octanol–water partition coefficient (Wildman–Crippen LogP) is 3.05.